The van der Waals surface area contributed by atoms with Gasteiger partial charge in [0, 0.05) is 18.7 Å². The molecule has 3 nitrogen and oxygen atoms in total. The van der Waals surface area contributed by atoms with Gasteiger partial charge in [0.2, 0.25) is 0 Å². The molecule has 0 saturated heterocycles. The molecule has 1 heterocycles. The second-order valence-electron chi connectivity index (χ2n) is 4.64. The molecule has 1 unspecified atom stereocenters. The van der Waals surface area contributed by atoms with E-state index in [-0.39, 0.29) is 11.9 Å². The summed E-state index contributed by atoms with van der Waals surface area (Å²) in [5, 5.41) is 14.4. The standard InChI is InChI=1S/C14H17FN2O/c1-10(2)17-13(7-8-16-17)14(18)9-11-3-5-12(15)6-4-11/h3-8,10,14,18H,9H2,1-2H3. The molecular weight excluding hydrogens is 231 g/mol. The Hall–Kier alpha value is -1.68. The number of halogens is 1. The summed E-state index contributed by atoms with van der Waals surface area (Å²) in [6, 6.07) is 8.21. The zero-order chi connectivity index (χ0) is 13.1. The molecule has 0 saturated carbocycles. The molecule has 0 radical (unpaired) electrons. The van der Waals surface area contributed by atoms with E-state index in [1.165, 1.54) is 12.1 Å². The summed E-state index contributed by atoms with van der Waals surface area (Å²) in [6.07, 6.45) is 1.52. The maximum absolute atomic E-state index is 12.8. The van der Waals surface area contributed by atoms with E-state index in [0.29, 0.717) is 6.42 Å². The number of rotatable bonds is 4. The first-order valence-electron chi connectivity index (χ1n) is 6.04. The molecule has 2 rings (SSSR count). The lowest BCUT2D eigenvalue weighted by Gasteiger charge is -2.16. The Morgan fingerprint density at radius 1 is 1.22 bits per heavy atom. The van der Waals surface area contributed by atoms with Crippen molar-refractivity contribution in [2.24, 2.45) is 0 Å². The van der Waals surface area contributed by atoms with Crippen molar-refractivity contribution in [2.45, 2.75) is 32.4 Å². The van der Waals surface area contributed by atoms with E-state index >= 15 is 0 Å². The van der Waals surface area contributed by atoms with Crippen molar-refractivity contribution in [2.75, 3.05) is 0 Å². The van der Waals surface area contributed by atoms with Gasteiger partial charge in [0.05, 0.1) is 11.8 Å². The fourth-order valence-electron chi connectivity index (χ4n) is 1.97. The van der Waals surface area contributed by atoms with Crippen molar-refractivity contribution in [3.63, 3.8) is 0 Å². The van der Waals surface area contributed by atoms with Crippen LogP contribution in [-0.4, -0.2) is 14.9 Å². The molecule has 1 N–H and O–H groups in total. The summed E-state index contributed by atoms with van der Waals surface area (Å²) < 4.78 is 14.6. The maximum Gasteiger partial charge on any atom is 0.123 e. The molecule has 0 aliphatic carbocycles. The molecule has 96 valence electrons. The van der Waals surface area contributed by atoms with E-state index in [1.807, 2.05) is 19.9 Å². The monoisotopic (exact) mass is 248 g/mol. The highest BCUT2D eigenvalue weighted by molar-refractivity contribution is 5.19. The average molecular weight is 248 g/mol. The van der Waals surface area contributed by atoms with Crippen LogP contribution in [0.25, 0.3) is 0 Å². The van der Waals surface area contributed by atoms with E-state index in [1.54, 1.807) is 23.0 Å². The highest BCUT2D eigenvalue weighted by Gasteiger charge is 2.15. The van der Waals surface area contributed by atoms with Gasteiger partial charge in [-0.05, 0) is 37.6 Å². The van der Waals surface area contributed by atoms with Gasteiger partial charge >= 0.3 is 0 Å². The predicted molar refractivity (Wildman–Crippen MR) is 67.7 cm³/mol. The molecule has 18 heavy (non-hydrogen) atoms. The smallest absolute Gasteiger partial charge is 0.123 e. The zero-order valence-corrected chi connectivity index (χ0v) is 10.5. The molecule has 0 bridgehead atoms. The van der Waals surface area contributed by atoms with Gasteiger partial charge in [-0.3, -0.25) is 4.68 Å². The molecule has 0 aliphatic rings. The van der Waals surface area contributed by atoms with Crippen LogP contribution in [0.2, 0.25) is 0 Å². The van der Waals surface area contributed by atoms with Crippen LogP contribution in [0.15, 0.2) is 36.5 Å². The summed E-state index contributed by atoms with van der Waals surface area (Å²) >= 11 is 0. The van der Waals surface area contributed by atoms with E-state index in [2.05, 4.69) is 5.10 Å². The van der Waals surface area contributed by atoms with Crippen molar-refractivity contribution in [3.05, 3.63) is 53.6 Å². The van der Waals surface area contributed by atoms with Crippen LogP contribution in [-0.2, 0) is 6.42 Å². The highest BCUT2D eigenvalue weighted by atomic mass is 19.1. The first-order valence-corrected chi connectivity index (χ1v) is 6.04. The Bertz CT molecular complexity index is 505. The Kier molecular flexibility index (Phi) is 3.77. The van der Waals surface area contributed by atoms with Gasteiger partial charge in [-0.25, -0.2) is 4.39 Å². The van der Waals surface area contributed by atoms with Crippen LogP contribution >= 0.6 is 0 Å². The third-order valence-electron chi connectivity index (χ3n) is 2.87. The third-order valence-corrected chi connectivity index (χ3v) is 2.87. The van der Waals surface area contributed by atoms with Gasteiger partial charge in [0.1, 0.15) is 5.82 Å². The average Bonchev–Trinajstić information content (AvgIpc) is 2.81. The lowest BCUT2D eigenvalue weighted by atomic mass is 10.1. The predicted octanol–water partition coefficient (Wildman–Crippen LogP) is 2.88. The van der Waals surface area contributed by atoms with Crippen molar-refractivity contribution >= 4 is 0 Å². The molecule has 1 atom stereocenters. The molecule has 1 aromatic heterocycles. The molecular formula is C14H17FN2O. The Labute approximate surface area is 106 Å². The highest BCUT2D eigenvalue weighted by Crippen LogP contribution is 2.20. The Morgan fingerprint density at radius 3 is 2.50 bits per heavy atom. The number of aliphatic hydroxyl groups is 1. The number of benzene rings is 1. The molecule has 0 fully saturated rings. The SMILES string of the molecule is CC(C)n1nccc1C(O)Cc1ccc(F)cc1. The molecule has 0 aliphatic heterocycles. The summed E-state index contributed by atoms with van der Waals surface area (Å²) in [4.78, 5) is 0. The molecule has 2 aromatic rings. The minimum Gasteiger partial charge on any atom is -0.386 e. The largest absolute Gasteiger partial charge is 0.386 e. The van der Waals surface area contributed by atoms with Crippen LogP contribution in [0, 0.1) is 5.82 Å². The molecule has 1 aromatic carbocycles. The van der Waals surface area contributed by atoms with Gasteiger partial charge in [0.15, 0.2) is 0 Å². The Morgan fingerprint density at radius 2 is 1.89 bits per heavy atom. The minimum absolute atomic E-state index is 0.206. The van der Waals surface area contributed by atoms with Crippen molar-refractivity contribution in [1.29, 1.82) is 0 Å². The zero-order valence-electron chi connectivity index (χ0n) is 10.5. The summed E-state index contributed by atoms with van der Waals surface area (Å²) in [5.74, 6) is -0.263. The van der Waals surface area contributed by atoms with E-state index in [0.717, 1.165) is 11.3 Å². The van der Waals surface area contributed by atoms with Gasteiger partial charge in [-0.1, -0.05) is 12.1 Å². The van der Waals surface area contributed by atoms with Crippen molar-refractivity contribution in [3.8, 4) is 0 Å². The van der Waals surface area contributed by atoms with E-state index in [4.69, 9.17) is 0 Å². The second-order valence-corrected chi connectivity index (χ2v) is 4.64. The van der Waals surface area contributed by atoms with Crippen LogP contribution in [0.4, 0.5) is 4.39 Å². The first kappa shape index (κ1) is 12.8. The van der Waals surface area contributed by atoms with Crippen molar-refractivity contribution < 1.29 is 9.50 Å². The molecule has 4 heteroatoms. The third kappa shape index (κ3) is 2.76. The normalized spacial score (nSPS) is 12.9. The fourth-order valence-corrected chi connectivity index (χ4v) is 1.97. The summed E-state index contributed by atoms with van der Waals surface area (Å²) in [5.41, 5.74) is 1.69. The molecule has 0 spiro atoms. The van der Waals surface area contributed by atoms with Crippen LogP contribution in [0.5, 0.6) is 0 Å². The van der Waals surface area contributed by atoms with Gasteiger partial charge in [-0.2, -0.15) is 5.10 Å². The van der Waals surface area contributed by atoms with Crippen molar-refractivity contribution in [1.82, 2.24) is 9.78 Å². The lowest BCUT2D eigenvalue weighted by molar-refractivity contribution is 0.164. The minimum atomic E-state index is -0.625. The number of aliphatic hydroxyl groups excluding tert-OH is 1. The summed E-state index contributed by atoms with van der Waals surface area (Å²) in [7, 11) is 0. The quantitative estimate of drug-likeness (QED) is 0.903. The van der Waals surface area contributed by atoms with Gasteiger partial charge in [-0.15, -0.1) is 0 Å². The van der Waals surface area contributed by atoms with Gasteiger partial charge in [0.25, 0.3) is 0 Å². The fraction of sp³-hybridized carbons (Fsp3) is 0.357. The number of aromatic nitrogens is 2. The Balaban J connectivity index is 2.14. The summed E-state index contributed by atoms with van der Waals surface area (Å²) in [6.45, 7) is 4.03. The van der Waals surface area contributed by atoms with E-state index < -0.39 is 6.10 Å². The van der Waals surface area contributed by atoms with Crippen LogP contribution < -0.4 is 0 Å². The number of nitrogens with zero attached hydrogens (tertiary/aromatic N) is 2. The van der Waals surface area contributed by atoms with E-state index in [9.17, 15) is 9.50 Å². The maximum atomic E-state index is 12.8. The number of hydrogen-bond donors (Lipinski definition) is 1. The number of hydrogen-bond acceptors (Lipinski definition) is 2. The lowest BCUT2D eigenvalue weighted by Crippen LogP contribution is -2.12. The van der Waals surface area contributed by atoms with Crippen LogP contribution in [0.3, 0.4) is 0 Å². The first-order chi connectivity index (χ1) is 8.58. The van der Waals surface area contributed by atoms with Gasteiger partial charge < -0.3 is 5.11 Å². The second kappa shape index (κ2) is 5.31. The topological polar surface area (TPSA) is 38.0 Å². The molecule has 0 amide bonds. The van der Waals surface area contributed by atoms with Crippen LogP contribution in [0.1, 0.15) is 37.3 Å².